The zero-order valence-electron chi connectivity index (χ0n) is 18.8. The molecule has 30 heavy (non-hydrogen) atoms. The number of carbonyl (C=O) groups excluding carboxylic acids is 2. The van der Waals surface area contributed by atoms with Crippen molar-refractivity contribution >= 4 is 11.8 Å². The molecule has 2 atom stereocenters. The Bertz CT molecular complexity index is 705. The number of amides is 2. The lowest BCUT2D eigenvalue weighted by atomic mass is 9.90. The van der Waals surface area contributed by atoms with E-state index in [0.29, 0.717) is 11.3 Å². The van der Waals surface area contributed by atoms with Gasteiger partial charge in [0, 0.05) is 26.6 Å². The summed E-state index contributed by atoms with van der Waals surface area (Å²) in [6, 6.07) is 7.75. The molecule has 0 N–H and O–H groups in total. The van der Waals surface area contributed by atoms with E-state index in [4.69, 9.17) is 4.74 Å². The Hall–Kier alpha value is -2.04. The van der Waals surface area contributed by atoms with Gasteiger partial charge in [-0.1, -0.05) is 44.7 Å². The summed E-state index contributed by atoms with van der Waals surface area (Å²) in [5, 5.41) is 0. The standard InChI is InChI=1S/C25H38N2O3/c1-3-17-26-18-11-5-4-6-12-19-27(20(2)28)22-14-8-10-16-24(22)30-23-15-9-7-13-21(23)25(26)29/h7,9,13,15,22,24H,3-6,8,10-12,14,16-19H2,1-2H3/t22-,24+/m1/s1. The number of nitrogens with zero attached hydrogens (tertiary/aromatic N) is 2. The molecular formula is C25H38N2O3. The van der Waals surface area contributed by atoms with Gasteiger partial charge in [0.2, 0.25) is 5.91 Å². The monoisotopic (exact) mass is 414 g/mol. The average molecular weight is 415 g/mol. The van der Waals surface area contributed by atoms with Crippen LogP contribution in [0.25, 0.3) is 0 Å². The molecule has 5 heteroatoms. The number of para-hydroxylation sites is 1. The minimum Gasteiger partial charge on any atom is -0.487 e. The first kappa shape index (κ1) is 22.6. The molecule has 1 heterocycles. The van der Waals surface area contributed by atoms with Crippen molar-refractivity contribution in [1.29, 1.82) is 0 Å². The first-order valence-electron chi connectivity index (χ1n) is 11.9. The van der Waals surface area contributed by atoms with Crippen LogP contribution in [0.1, 0.15) is 88.4 Å². The molecule has 0 aromatic heterocycles. The third kappa shape index (κ3) is 5.77. The normalized spacial score (nSPS) is 24.1. The topological polar surface area (TPSA) is 49.9 Å². The molecule has 1 saturated carbocycles. The van der Waals surface area contributed by atoms with Crippen LogP contribution in [-0.4, -0.2) is 53.4 Å². The van der Waals surface area contributed by atoms with E-state index in [2.05, 4.69) is 6.92 Å². The van der Waals surface area contributed by atoms with Crippen molar-refractivity contribution in [3.05, 3.63) is 29.8 Å². The Morgan fingerprint density at radius 1 is 1.00 bits per heavy atom. The maximum Gasteiger partial charge on any atom is 0.257 e. The van der Waals surface area contributed by atoms with Crippen molar-refractivity contribution in [2.75, 3.05) is 19.6 Å². The van der Waals surface area contributed by atoms with Crippen LogP contribution in [0, 0.1) is 0 Å². The van der Waals surface area contributed by atoms with Gasteiger partial charge < -0.3 is 14.5 Å². The van der Waals surface area contributed by atoms with Crippen LogP contribution in [-0.2, 0) is 4.79 Å². The second-order valence-electron chi connectivity index (χ2n) is 8.78. The maximum atomic E-state index is 13.4. The minimum absolute atomic E-state index is 0.0543. The van der Waals surface area contributed by atoms with Crippen molar-refractivity contribution in [3.63, 3.8) is 0 Å². The van der Waals surface area contributed by atoms with E-state index in [-0.39, 0.29) is 24.0 Å². The fraction of sp³-hybridized carbons (Fsp3) is 0.680. The summed E-state index contributed by atoms with van der Waals surface area (Å²) in [5.41, 5.74) is 0.652. The van der Waals surface area contributed by atoms with Crippen LogP contribution in [0.2, 0.25) is 0 Å². The van der Waals surface area contributed by atoms with E-state index in [1.54, 1.807) is 6.92 Å². The molecule has 3 rings (SSSR count). The van der Waals surface area contributed by atoms with Crippen LogP contribution >= 0.6 is 0 Å². The quantitative estimate of drug-likeness (QED) is 0.681. The summed E-state index contributed by atoms with van der Waals surface area (Å²) < 4.78 is 6.51. The zero-order valence-corrected chi connectivity index (χ0v) is 18.8. The van der Waals surface area contributed by atoms with Crippen LogP contribution in [0.3, 0.4) is 0 Å². The van der Waals surface area contributed by atoms with Gasteiger partial charge in [-0.05, 0) is 50.7 Å². The van der Waals surface area contributed by atoms with Gasteiger partial charge in [-0.25, -0.2) is 0 Å². The summed E-state index contributed by atoms with van der Waals surface area (Å²) in [7, 11) is 0. The van der Waals surface area contributed by atoms with Crippen LogP contribution in [0.15, 0.2) is 24.3 Å². The third-order valence-electron chi connectivity index (χ3n) is 6.48. The number of benzene rings is 1. The Morgan fingerprint density at radius 2 is 1.70 bits per heavy atom. The van der Waals surface area contributed by atoms with Crippen LogP contribution < -0.4 is 4.74 Å². The number of hydrogen-bond acceptors (Lipinski definition) is 3. The highest BCUT2D eigenvalue weighted by molar-refractivity contribution is 5.97. The number of hydrogen-bond donors (Lipinski definition) is 0. The van der Waals surface area contributed by atoms with E-state index >= 15 is 0 Å². The summed E-state index contributed by atoms with van der Waals surface area (Å²) >= 11 is 0. The van der Waals surface area contributed by atoms with Crippen molar-refractivity contribution in [3.8, 4) is 5.75 Å². The summed E-state index contributed by atoms with van der Waals surface area (Å²) in [5.74, 6) is 0.871. The molecule has 0 unspecified atom stereocenters. The molecule has 1 fully saturated rings. The molecule has 1 aromatic carbocycles. The van der Waals surface area contributed by atoms with Crippen molar-refractivity contribution in [1.82, 2.24) is 9.80 Å². The van der Waals surface area contributed by atoms with E-state index in [1.807, 2.05) is 34.1 Å². The van der Waals surface area contributed by atoms with Crippen LogP contribution in [0.4, 0.5) is 0 Å². The molecule has 0 bridgehead atoms. The fourth-order valence-electron chi connectivity index (χ4n) is 4.91. The summed E-state index contributed by atoms with van der Waals surface area (Å²) in [6.45, 7) is 6.18. The van der Waals surface area contributed by atoms with E-state index in [9.17, 15) is 9.59 Å². The van der Waals surface area contributed by atoms with Crippen molar-refractivity contribution < 1.29 is 14.3 Å². The molecule has 2 aliphatic rings. The number of rotatable bonds is 2. The molecule has 0 radical (unpaired) electrons. The van der Waals surface area contributed by atoms with Crippen LogP contribution in [0.5, 0.6) is 5.75 Å². The van der Waals surface area contributed by atoms with Gasteiger partial charge in [-0.3, -0.25) is 9.59 Å². The van der Waals surface area contributed by atoms with Gasteiger partial charge >= 0.3 is 0 Å². The molecule has 1 aliphatic heterocycles. The number of ether oxygens (including phenoxy) is 1. The second kappa shape index (κ2) is 11.4. The molecule has 1 aliphatic carbocycles. The SMILES string of the molecule is CCCN1CCCCCCCN(C(C)=O)[C@@H]2CCCC[C@@H]2Oc2ccccc2C1=O. The summed E-state index contributed by atoms with van der Waals surface area (Å²) in [4.78, 5) is 29.9. The largest absolute Gasteiger partial charge is 0.487 e. The second-order valence-corrected chi connectivity index (χ2v) is 8.78. The fourth-order valence-corrected chi connectivity index (χ4v) is 4.91. The van der Waals surface area contributed by atoms with Gasteiger partial charge in [0.25, 0.3) is 5.91 Å². The summed E-state index contributed by atoms with van der Waals surface area (Å²) in [6.07, 6.45) is 10.5. The predicted octanol–water partition coefficient (Wildman–Crippen LogP) is 5.04. The Balaban J connectivity index is 1.91. The lowest BCUT2D eigenvalue weighted by Gasteiger charge is -2.40. The minimum atomic E-state index is -0.0543. The Kier molecular flexibility index (Phi) is 8.59. The highest BCUT2D eigenvalue weighted by Gasteiger charge is 2.34. The molecule has 0 spiro atoms. The maximum absolute atomic E-state index is 13.4. The van der Waals surface area contributed by atoms with E-state index in [1.165, 1.54) is 0 Å². The lowest BCUT2D eigenvalue weighted by molar-refractivity contribution is -0.134. The van der Waals surface area contributed by atoms with Gasteiger partial charge in [-0.2, -0.15) is 0 Å². The highest BCUT2D eigenvalue weighted by Crippen LogP contribution is 2.30. The predicted molar refractivity (Wildman–Crippen MR) is 120 cm³/mol. The van der Waals surface area contributed by atoms with Crippen molar-refractivity contribution in [2.24, 2.45) is 0 Å². The molecule has 0 saturated heterocycles. The van der Waals surface area contributed by atoms with Gasteiger partial charge in [0.1, 0.15) is 11.9 Å². The first-order chi connectivity index (χ1) is 14.6. The first-order valence-corrected chi connectivity index (χ1v) is 11.9. The van der Waals surface area contributed by atoms with Gasteiger partial charge in [0.15, 0.2) is 0 Å². The molecule has 2 amide bonds. The van der Waals surface area contributed by atoms with Gasteiger partial charge in [-0.15, -0.1) is 0 Å². The van der Waals surface area contributed by atoms with Gasteiger partial charge in [0.05, 0.1) is 11.6 Å². The number of fused-ring (bicyclic) bond motifs is 2. The average Bonchev–Trinajstić information content (AvgIpc) is 2.75. The lowest BCUT2D eigenvalue weighted by Crippen LogP contribution is -2.50. The molecule has 166 valence electrons. The smallest absolute Gasteiger partial charge is 0.257 e. The zero-order chi connectivity index (χ0) is 21.3. The van der Waals surface area contributed by atoms with E-state index < -0.39 is 0 Å². The molecule has 5 nitrogen and oxygen atoms in total. The third-order valence-corrected chi connectivity index (χ3v) is 6.48. The number of carbonyl (C=O) groups is 2. The molecule has 1 aromatic rings. The highest BCUT2D eigenvalue weighted by atomic mass is 16.5. The molecular weight excluding hydrogens is 376 g/mol. The van der Waals surface area contributed by atoms with E-state index in [0.717, 1.165) is 83.8 Å². The Morgan fingerprint density at radius 3 is 2.47 bits per heavy atom. The Labute approximate surface area is 181 Å². The van der Waals surface area contributed by atoms with Crippen molar-refractivity contribution in [2.45, 2.75) is 90.2 Å².